The Labute approximate surface area is 142 Å². The van der Waals surface area contributed by atoms with Crippen molar-refractivity contribution in [1.82, 2.24) is 15.0 Å². The third-order valence-electron chi connectivity index (χ3n) is 3.23. The summed E-state index contributed by atoms with van der Waals surface area (Å²) in [6.07, 6.45) is 0. The van der Waals surface area contributed by atoms with E-state index in [9.17, 15) is 8.42 Å². The molecule has 0 aliphatic rings. The topological polar surface area (TPSA) is 114 Å². The average Bonchev–Trinajstić information content (AvgIpc) is 2.52. The van der Waals surface area contributed by atoms with Crippen LogP contribution in [0.25, 0.3) is 0 Å². The van der Waals surface area contributed by atoms with Crippen LogP contribution in [0.2, 0.25) is 0 Å². The standard InChI is InChI=1S/C15H22N6O2S/c1-10(2)13-18-14(20-15(19-13)21(3)4)17-9-11-6-5-7-12(8-11)24(16,22)23/h5-8,10H,9H2,1-4H3,(H2,16,22,23)(H,17,18,19,20). The third kappa shape index (κ3) is 4.62. The Kier molecular flexibility index (Phi) is 5.35. The van der Waals surface area contributed by atoms with Crippen LogP contribution in [0.3, 0.4) is 0 Å². The van der Waals surface area contributed by atoms with Gasteiger partial charge in [0.15, 0.2) is 0 Å². The summed E-state index contributed by atoms with van der Waals surface area (Å²) in [7, 11) is -0.0000381. The molecule has 0 unspecified atom stereocenters. The number of sulfonamides is 1. The Morgan fingerprint density at radius 3 is 2.50 bits per heavy atom. The molecule has 3 N–H and O–H groups in total. The van der Waals surface area contributed by atoms with Gasteiger partial charge in [0, 0.05) is 26.6 Å². The lowest BCUT2D eigenvalue weighted by atomic mass is 10.2. The van der Waals surface area contributed by atoms with Crippen LogP contribution in [0.4, 0.5) is 11.9 Å². The van der Waals surface area contributed by atoms with E-state index in [1.165, 1.54) is 12.1 Å². The number of primary sulfonamides is 1. The van der Waals surface area contributed by atoms with Gasteiger partial charge in [-0.05, 0) is 17.7 Å². The summed E-state index contributed by atoms with van der Waals surface area (Å²) in [6, 6.07) is 6.44. The minimum absolute atomic E-state index is 0.0781. The van der Waals surface area contributed by atoms with Crippen LogP contribution < -0.4 is 15.4 Å². The average molecular weight is 350 g/mol. The Hall–Kier alpha value is -2.26. The van der Waals surface area contributed by atoms with Gasteiger partial charge in [-0.2, -0.15) is 15.0 Å². The normalized spacial score (nSPS) is 11.6. The molecule has 0 atom stereocenters. The van der Waals surface area contributed by atoms with Crippen LogP contribution in [0.15, 0.2) is 29.2 Å². The molecule has 0 radical (unpaired) electrons. The fourth-order valence-corrected chi connectivity index (χ4v) is 2.52. The van der Waals surface area contributed by atoms with Crippen molar-refractivity contribution in [3.8, 4) is 0 Å². The summed E-state index contributed by atoms with van der Waals surface area (Å²) in [4.78, 5) is 15.0. The van der Waals surface area contributed by atoms with E-state index in [1.54, 1.807) is 17.0 Å². The van der Waals surface area contributed by atoms with Crippen molar-refractivity contribution < 1.29 is 8.42 Å². The number of nitrogens with two attached hydrogens (primary N) is 1. The first-order valence-electron chi connectivity index (χ1n) is 7.45. The molecule has 0 fully saturated rings. The zero-order valence-corrected chi connectivity index (χ0v) is 15.0. The van der Waals surface area contributed by atoms with Crippen molar-refractivity contribution in [1.29, 1.82) is 0 Å². The minimum atomic E-state index is -3.72. The largest absolute Gasteiger partial charge is 0.350 e. The summed E-state index contributed by atoms with van der Waals surface area (Å²) in [5.74, 6) is 1.86. The first-order chi connectivity index (χ1) is 11.2. The highest BCUT2D eigenvalue weighted by Crippen LogP contribution is 2.16. The van der Waals surface area contributed by atoms with Gasteiger partial charge in [0.05, 0.1) is 4.90 Å². The van der Waals surface area contributed by atoms with Gasteiger partial charge in [0.2, 0.25) is 21.9 Å². The quantitative estimate of drug-likeness (QED) is 0.807. The fourth-order valence-electron chi connectivity index (χ4n) is 1.93. The van der Waals surface area contributed by atoms with Gasteiger partial charge in [-0.15, -0.1) is 0 Å². The summed E-state index contributed by atoms with van der Waals surface area (Å²) in [5.41, 5.74) is 0.763. The molecule has 130 valence electrons. The Balaban J connectivity index is 2.23. The highest BCUT2D eigenvalue weighted by molar-refractivity contribution is 7.89. The molecule has 0 spiro atoms. The van der Waals surface area contributed by atoms with E-state index < -0.39 is 10.0 Å². The predicted molar refractivity (Wildman–Crippen MR) is 93.4 cm³/mol. The van der Waals surface area contributed by atoms with E-state index >= 15 is 0 Å². The number of anilines is 2. The van der Waals surface area contributed by atoms with E-state index in [2.05, 4.69) is 20.3 Å². The van der Waals surface area contributed by atoms with E-state index in [1.807, 2.05) is 27.9 Å². The van der Waals surface area contributed by atoms with Crippen LogP contribution in [0.5, 0.6) is 0 Å². The molecule has 2 rings (SSSR count). The zero-order chi connectivity index (χ0) is 17.9. The first kappa shape index (κ1) is 18.1. The number of rotatable bonds is 6. The summed E-state index contributed by atoms with van der Waals surface area (Å²) >= 11 is 0. The maximum absolute atomic E-state index is 11.4. The molecule has 0 aliphatic heterocycles. The lowest BCUT2D eigenvalue weighted by molar-refractivity contribution is 0.597. The van der Waals surface area contributed by atoms with Crippen molar-refractivity contribution >= 4 is 21.9 Å². The second-order valence-electron chi connectivity index (χ2n) is 5.91. The van der Waals surface area contributed by atoms with Crippen molar-refractivity contribution in [3.05, 3.63) is 35.7 Å². The Morgan fingerprint density at radius 2 is 1.92 bits per heavy atom. The van der Waals surface area contributed by atoms with Crippen molar-refractivity contribution in [2.75, 3.05) is 24.3 Å². The maximum Gasteiger partial charge on any atom is 0.238 e. The van der Waals surface area contributed by atoms with Crippen LogP contribution in [-0.4, -0.2) is 37.5 Å². The van der Waals surface area contributed by atoms with Crippen LogP contribution in [-0.2, 0) is 16.6 Å². The van der Waals surface area contributed by atoms with Gasteiger partial charge >= 0.3 is 0 Å². The van der Waals surface area contributed by atoms with Crippen LogP contribution in [0.1, 0.15) is 31.2 Å². The minimum Gasteiger partial charge on any atom is -0.350 e. The molecule has 1 aromatic carbocycles. The molecule has 1 heterocycles. The van der Waals surface area contributed by atoms with Gasteiger partial charge in [-0.3, -0.25) is 0 Å². The molecule has 0 saturated carbocycles. The molecule has 0 aliphatic carbocycles. The SMILES string of the molecule is CC(C)c1nc(NCc2cccc(S(N)(=O)=O)c2)nc(N(C)C)n1. The van der Waals surface area contributed by atoms with Gasteiger partial charge in [0.25, 0.3) is 0 Å². The van der Waals surface area contributed by atoms with E-state index in [4.69, 9.17) is 5.14 Å². The Bertz CT molecular complexity index is 794. The summed E-state index contributed by atoms with van der Waals surface area (Å²) in [6.45, 7) is 4.39. The van der Waals surface area contributed by atoms with Crippen molar-refractivity contribution in [3.63, 3.8) is 0 Å². The highest BCUT2D eigenvalue weighted by atomic mass is 32.2. The number of nitrogens with one attached hydrogen (secondary N) is 1. The zero-order valence-electron chi connectivity index (χ0n) is 14.2. The number of hydrogen-bond donors (Lipinski definition) is 2. The Morgan fingerprint density at radius 1 is 1.21 bits per heavy atom. The molecule has 1 aromatic heterocycles. The molecular weight excluding hydrogens is 328 g/mol. The lowest BCUT2D eigenvalue weighted by Gasteiger charge is -2.15. The second-order valence-corrected chi connectivity index (χ2v) is 7.47. The fraction of sp³-hybridized carbons (Fsp3) is 0.400. The van der Waals surface area contributed by atoms with Gasteiger partial charge in [-0.1, -0.05) is 26.0 Å². The van der Waals surface area contributed by atoms with Gasteiger partial charge in [0.1, 0.15) is 5.82 Å². The predicted octanol–water partition coefficient (Wildman–Crippen LogP) is 1.32. The van der Waals surface area contributed by atoms with E-state index in [-0.39, 0.29) is 10.8 Å². The van der Waals surface area contributed by atoms with Crippen LogP contribution >= 0.6 is 0 Å². The molecule has 0 bridgehead atoms. The van der Waals surface area contributed by atoms with Gasteiger partial charge < -0.3 is 10.2 Å². The second kappa shape index (κ2) is 7.10. The first-order valence-corrected chi connectivity index (χ1v) is 9.00. The number of nitrogens with zero attached hydrogens (tertiary/aromatic N) is 4. The molecular formula is C15H22N6O2S. The summed E-state index contributed by atoms with van der Waals surface area (Å²) in [5, 5.41) is 8.26. The molecule has 8 nitrogen and oxygen atoms in total. The molecule has 0 amide bonds. The maximum atomic E-state index is 11.4. The molecule has 24 heavy (non-hydrogen) atoms. The number of aromatic nitrogens is 3. The third-order valence-corrected chi connectivity index (χ3v) is 4.15. The van der Waals surface area contributed by atoms with Crippen molar-refractivity contribution in [2.45, 2.75) is 31.2 Å². The van der Waals surface area contributed by atoms with E-state index in [0.29, 0.717) is 24.3 Å². The smallest absolute Gasteiger partial charge is 0.238 e. The van der Waals surface area contributed by atoms with Crippen molar-refractivity contribution in [2.24, 2.45) is 5.14 Å². The number of benzene rings is 1. The van der Waals surface area contributed by atoms with Gasteiger partial charge in [-0.25, -0.2) is 13.6 Å². The molecule has 9 heteroatoms. The number of hydrogen-bond acceptors (Lipinski definition) is 7. The lowest BCUT2D eigenvalue weighted by Crippen LogP contribution is -2.17. The molecule has 2 aromatic rings. The molecule has 0 saturated heterocycles. The summed E-state index contributed by atoms with van der Waals surface area (Å²) < 4.78 is 22.8. The van der Waals surface area contributed by atoms with E-state index in [0.717, 1.165) is 5.56 Å². The highest BCUT2D eigenvalue weighted by Gasteiger charge is 2.12. The monoisotopic (exact) mass is 350 g/mol. The van der Waals surface area contributed by atoms with Crippen LogP contribution in [0, 0.1) is 0 Å².